The van der Waals surface area contributed by atoms with E-state index in [1.807, 2.05) is 20.8 Å². The minimum absolute atomic E-state index is 0.0885. The van der Waals surface area contributed by atoms with Crippen molar-refractivity contribution in [1.82, 2.24) is 15.6 Å². The monoisotopic (exact) mass is 269 g/mol. The van der Waals surface area contributed by atoms with Crippen molar-refractivity contribution in [2.24, 2.45) is 0 Å². The van der Waals surface area contributed by atoms with Crippen LogP contribution in [0.4, 0.5) is 0 Å². The van der Waals surface area contributed by atoms with Crippen LogP contribution in [0.2, 0.25) is 5.02 Å². The van der Waals surface area contributed by atoms with Crippen LogP contribution in [-0.4, -0.2) is 28.9 Å². The Labute approximate surface area is 111 Å². The number of aromatic nitrogens is 1. The van der Waals surface area contributed by atoms with E-state index in [1.165, 1.54) is 18.5 Å². The largest absolute Gasteiger partial charge is 0.350 e. The number of hydrogen-bond acceptors (Lipinski definition) is 3. The maximum absolute atomic E-state index is 11.7. The first-order valence-corrected chi connectivity index (χ1v) is 5.86. The molecule has 6 heteroatoms. The van der Waals surface area contributed by atoms with E-state index >= 15 is 0 Å². The number of halogens is 1. The molecule has 0 bridgehead atoms. The minimum Gasteiger partial charge on any atom is -0.350 e. The molecule has 0 radical (unpaired) electrons. The fraction of sp³-hybridized carbons (Fsp3) is 0.417. The molecule has 0 saturated carbocycles. The lowest BCUT2D eigenvalue weighted by Crippen LogP contribution is -2.45. The number of carbonyl (C=O) groups is 2. The second kappa shape index (κ2) is 5.82. The van der Waals surface area contributed by atoms with Crippen molar-refractivity contribution in [2.75, 3.05) is 6.54 Å². The SMILES string of the molecule is CC(C)(C)NC(=O)CNC(=O)c1ccncc1Cl. The lowest BCUT2D eigenvalue weighted by Gasteiger charge is -2.20. The maximum Gasteiger partial charge on any atom is 0.253 e. The van der Waals surface area contributed by atoms with Gasteiger partial charge in [0.05, 0.1) is 17.1 Å². The highest BCUT2D eigenvalue weighted by Crippen LogP contribution is 2.12. The molecule has 18 heavy (non-hydrogen) atoms. The summed E-state index contributed by atoms with van der Waals surface area (Å²) in [4.78, 5) is 27.0. The van der Waals surface area contributed by atoms with Crippen LogP contribution in [0.1, 0.15) is 31.1 Å². The molecule has 98 valence electrons. The predicted octanol–water partition coefficient (Wildman–Crippen LogP) is 1.38. The van der Waals surface area contributed by atoms with Gasteiger partial charge in [0.2, 0.25) is 5.91 Å². The highest BCUT2D eigenvalue weighted by Gasteiger charge is 2.15. The zero-order valence-electron chi connectivity index (χ0n) is 10.6. The van der Waals surface area contributed by atoms with Gasteiger partial charge in [-0.15, -0.1) is 0 Å². The topological polar surface area (TPSA) is 71.1 Å². The quantitative estimate of drug-likeness (QED) is 0.871. The van der Waals surface area contributed by atoms with E-state index in [0.717, 1.165) is 0 Å². The van der Waals surface area contributed by atoms with Gasteiger partial charge in [-0.1, -0.05) is 11.6 Å². The van der Waals surface area contributed by atoms with E-state index in [2.05, 4.69) is 15.6 Å². The molecular weight excluding hydrogens is 254 g/mol. The van der Waals surface area contributed by atoms with Gasteiger partial charge in [-0.3, -0.25) is 14.6 Å². The van der Waals surface area contributed by atoms with Gasteiger partial charge in [0.1, 0.15) is 0 Å². The van der Waals surface area contributed by atoms with Crippen LogP contribution < -0.4 is 10.6 Å². The second-order valence-electron chi connectivity index (χ2n) is 4.84. The van der Waals surface area contributed by atoms with Crippen molar-refractivity contribution in [2.45, 2.75) is 26.3 Å². The van der Waals surface area contributed by atoms with Crippen LogP contribution in [0.3, 0.4) is 0 Å². The molecule has 2 amide bonds. The van der Waals surface area contributed by atoms with Gasteiger partial charge in [0, 0.05) is 17.9 Å². The lowest BCUT2D eigenvalue weighted by molar-refractivity contribution is -0.121. The van der Waals surface area contributed by atoms with Gasteiger partial charge in [0.25, 0.3) is 5.91 Å². The summed E-state index contributed by atoms with van der Waals surface area (Å²) in [7, 11) is 0. The molecule has 0 saturated heterocycles. The standard InChI is InChI=1S/C12H16ClN3O2/c1-12(2,3)16-10(17)7-15-11(18)8-4-5-14-6-9(8)13/h4-6H,7H2,1-3H3,(H,15,18)(H,16,17). The predicted molar refractivity (Wildman–Crippen MR) is 69.5 cm³/mol. The Hall–Kier alpha value is -1.62. The second-order valence-corrected chi connectivity index (χ2v) is 5.24. The Morgan fingerprint density at radius 2 is 2.06 bits per heavy atom. The van der Waals surface area contributed by atoms with Gasteiger partial charge < -0.3 is 10.6 Å². The maximum atomic E-state index is 11.7. The fourth-order valence-electron chi connectivity index (χ4n) is 1.28. The average Bonchev–Trinajstić information content (AvgIpc) is 2.24. The number of nitrogens with zero attached hydrogens (tertiary/aromatic N) is 1. The molecule has 0 aliphatic carbocycles. The molecule has 2 N–H and O–H groups in total. The molecule has 0 aromatic carbocycles. The first-order chi connectivity index (χ1) is 8.29. The number of amides is 2. The highest BCUT2D eigenvalue weighted by atomic mass is 35.5. The molecule has 0 fully saturated rings. The van der Waals surface area contributed by atoms with Gasteiger partial charge >= 0.3 is 0 Å². The summed E-state index contributed by atoms with van der Waals surface area (Å²) in [6, 6.07) is 1.50. The van der Waals surface area contributed by atoms with E-state index in [1.54, 1.807) is 0 Å². The van der Waals surface area contributed by atoms with Crippen LogP contribution >= 0.6 is 11.6 Å². The molecule has 1 aromatic rings. The molecule has 1 aromatic heterocycles. The Morgan fingerprint density at radius 3 is 2.61 bits per heavy atom. The normalized spacial score (nSPS) is 10.9. The van der Waals surface area contributed by atoms with Gasteiger partial charge in [-0.25, -0.2) is 0 Å². The third-order valence-electron chi connectivity index (χ3n) is 1.94. The summed E-state index contributed by atoms with van der Waals surface area (Å²) >= 11 is 5.82. The molecule has 5 nitrogen and oxygen atoms in total. The molecular formula is C12H16ClN3O2. The Morgan fingerprint density at radius 1 is 1.39 bits per heavy atom. The zero-order valence-corrected chi connectivity index (χ0v) is 11.3. The van der Waals surface area contributed by atoms with E-state index in [9.17, 15) is 9.59 Å². The minimum atomic E-state index is -0.397. The van der Waals surface area contributed by atoms with Crippen molar-refractivity contribution in [3.05, 3.63) is 29.0 Å². The number of hydrogen-bond donors (Lipinski definition) is 2. The summed E-state index contributed by atoms with van der Waals surface area (Å²) in [5.74, 6) is -0.646. The van der Waals surface area contributed by atoms with Crippen LogP contribution in [-0.2, 0) is 4.79 Å². The Balaban J connectivity index is 2.52. The molecule has 0 unspecified atom stereocenters. The van der Waals surface area contributed by atoms with Gasteiger partial charge in [-0.05, 0) is 26.8 Å². The third kappa shape index (κ3) is 4.71. The first kappa shape index (κ1) is 14.4. The summed E-state index contributed by atoms with van der Waals surface area (Å²) in [6.07, 6.45) is 2.85. The third-order valence-corrected chi connectivity index (χ3v) is 2.24. The van der Waals surface area contributed by atoms with Crippen LogP contribution in [0.5, 0.6) is 0 Å². The van der Waals surface area contributed by atoms with Crippen LogP contribution in [0.15, 0.2) is 18.5 Å². The number of carbonyl (C=O) groups excluding carboxylic acids is 2. The summed E-state index contributed by atoms with van der Waals surface area (Å²) in [5.41, 5.74) is -0.0222. The van der Waals surface area contributed by atoms with E-state index < -0.39 is 5.91 Å². The average molecular weight is 270 g/mol. The van der Waals surface area contributed by atoms with Crippen LogP contribution in [0, 0.1) is 0 Å². The van der Waals surface area contributed by atoms with Gasteiger partial charge in [-0.2, -0.15) is 0 Å². The van der Waals surface area contributed by atoms with Crippen molar-refractivity contribution < 1.29 is 9.59 Å². The highest BCUT2D eigenvalue weighted by molar-refractivity contribution is 6.33. The van der Waals surface area contributed by atoms with Crippen molar-refractivity contribution in [3.63, 3.8) is 0 Å². The number of rotatable bonds is 3. The molecule has 0 spiro atoms. The molecule has 1 rings (SSSR count). The molecule has 1 heterocycles. The number of pyridine rings is 1. The van der Waals surface area contributed by atoms with Crippen molar-refractivity contribution in [1.29, 1.82) is 0 Å². The number of nitrogens with one attached hydrogen (secondary N) is 2. The fourth-order valence-corrected chi connectivity index (χ4v) is 1.48. The van der Waals surface area contributed by atoms with Crippen LogP contribution in [0.25, 0.3) is 0 Å². The van der Waals surface area contributed by atoms with Crippen molar-refractivity contribution in [3.8, 4) is 0 Å². The van der Waals surface area contributed by atoms with Gasteiger partial charge in [0.15, 0.2) is 0 Å². The van der Waals surface area contributed by atoms with E-state index in [-0.39, 0.29) is 23.0 Å². The summed E-state index contributed by atoms with van der Waals surface area (Å²) in [6.45, 7) is 5.51. The Kier molecular flexibility index (Phi) is 4.67. The van der Waals surface area contributed by atoms with Crippen molar-refractivity contribution >= 4 is 23.4 Å². The van der Waals surface area contributed by atoms with E-state index in [4.69, 9.17) is 11.6 Å². The molecule has 0 atom stereocenters. The summed E-state index contributed by atoms with van der Waals surface area (Å²) in [5, 5.41) is 5.50. The first-order valence-electron chi connectivity index (χ1n) is 5.48. The Bertz CT molecular complexity index is 455. The summed E-state index contributed by atoms with van der Waals surface area (Å²) < 4.78 is 0. The molecule has 0 aliphatic heterocycles. The smallest absolute Gasteiger partial charge is 0.253 e. The molecule has 0 aliphatic rings. The van der Waals surface area contributed by atoms with E-state index in [0.29, 0.717) is 5.56 Å². The lowest BCUT2D eigenvalue weighted by atomic mass is 10.1. The zero-order chi connectivity index (χ0) is 13.8.